The number of hydrogen-bond donors (Lipinski definition) is 2. The number of hydrogen-bond acceptors (Lipinski definition) is 5. The van der Waals surface area contributed by atoms with Crippen LogP contribution in [0, 0.1) is 12.3 Å². The van der Waals surface area contributed by atoms with Crippen LogP contribution in [0.4, 0.5) is 11.8 Å². The standard InChI is InChI=1S/C15H18N4O/c1-3-5-9-17-14-13-11(18-15(16)19-14)7-6-8-12(13)20-10-4-2/h2,6-8H,3,5,9-10H2,1H3,(H3,16,17,18,19). The molecule has 0 aliphatic carbocycles. The van der Waals surface area contributed by atoms with Gasteiger partial charge in [0.25, 0.3) is 0 Å². The molecule has 0 bridgehead atoms. The van der Waals surface area contributed by atoms with Gasteiger partial charge in [-0.1, -0.05) is 25.3 Å². The van der Waals surface area contributed by atoms with Gasteiger partial charge in [0.15, 0.2) is 0 Å². The van der Waals surface area contributed by atoms with Crippen molar-refractivity contribution in [1.82, 2.24) is 9.97 Å². The quantitative estimate of drug-likeness (QED) is 0.623. The lowest BCUT2D eigenvalue weighted by atomic mass is 10.2. The zero-order valence-corrected chi connectivity index (χ0v) is 11.5. The maximum atomic E-state index is 5.74. The van der Waals surface area contributed by atoms with E-state index in [1.807, 2.05) is 18.2 Å². The Morgan fingerprint density at radius 3 is 3.00 bits per heavy atom. The van der Waals surface area contributed by atoms with Crippen molar-refractivity contribution in [3.8, 4) is 18.1 Å². The zero-order chi connectivity index (χ0) is 14.4. The highest BCUT2D eigenvalue weighted by Crippen LogP contribution is 2.30. The number of nitrogens with one attached hydrogen (secondary N) is 1. The Kier molecular flexibility index (Phi) is 4.61. The van der Waals surface area contributed by atoms with E-state index in [4.69, 9.17) is 16.9 Å². The summed E-state index contributed by atoms with van der Waals surface area (Å²) < 4.78 is 5.56. The van der Waals surface area contributed by atoms with E-state index in [9.17, 15) is 0 Å². The number of aromatic nitrogens is 2. The van der Waals surface area contributed by atoms with E-state index in [-0.39, 0.29) is 12.6 Å². The van der Waals surface area contributed by atoms with Gasteiger partial charge in [-0.05, 0) is 18.6 Å². The predicted octanol–water partition coefficient (Wildman–Crippen LogP) is 2.44. The number of rotatable bonds is 6. The Hall–Kier alpha value is -2.48. The van der Waals surface area contributed by atoms with Crippen LogP contribution in [0.3, 0.4) is 0 Å². The Balaban J connectivity index is 2.44. The molecule has 2 aromatic rings. The molecular formula is C15H18N4O. The van der Waals surface area contributed by atoms with Gasteiger partial charge in [-0.3, -0.25) is 0 Å². The van der Waals surface area contributed by atoms with Gasteiger partial charge in [0.05, 0.1) is 10.9 Å². The number of nitrogen functional groups attached to an aromatic ring is 1. The van der Waals surface area contributed by atoms with Crippen LogP contribution in [0.2, 0.25) is 0 Å². The number of fused-ring (bicyclic) bond motifs is 1. The summed E-state index contributed by atoms with van der Waals surface area (Å²) in [6, 6.07) is 5.59. The minimum absolute atomic E-state index is 0.206. The molecule has 1 aromatic carbocycles. The maximum absolute atomic E-state index is 5.74. The second-order valence-corrected chi connectivity index (χ2v) is 4.35. The van der Waals surface area contributed by atoms with E-state index in [0.29, 0.717) is 11.6 Å². The van der Waals surface area contributed by atoms with Gasteiger partial charge in [-0.25, -0.2) is 4.98 Å². The van der Waals surface area contributed by atoms with Crippen LogP contribution in [0.1, 0.15) is 19.8 Å². The number of benzene rings is 1. The lowest BCUT2D eigenvalue weighted by Gasteiger charge is -2.12. The van der Waals surface area contributed by atoms with Crippen LogP contribution in [-0.2, 0) is 0 Å². The van der Waals surface area contributed by atoms with E-state index in [2.05, 4.69) is 28.1 Å². The number of nitrogens with two attached hydrogens (primary N) is 1. The molecule has 20 heavy (non-hydrogen) atoms. The molecule has 0 aliphatic rings. The fraction of sp³-hybridized carbons (Fsp3) is 0.333. The lowest BCUT2D eigenvalue weighted by Crippen LogP contribution is -2.07. The molecule has 0 spiro atoms. The third kappa shape index (κ3) is 3.09. The molecule has 104 valence electrons. The summed E-state index contributed by atoms with van der Waals surface area (Å²) in [6.07, 6.45) is 7.40. The van der Waals surface area contributed by atoms with E-state index >= 15 is 0 Å². The average molecular weight is 270 g/mol. The molecule has 0 fully saturated rings. The van der Waals surface area contributed by atoms with Crippen LogP contribution in [0.15, 0.2) is 18.2 Å². The number of nitrogens with zero attached hydrogens (tertiary/aromatic N) is 2. The smallest absolute Gasteiger partial charge is 0.222 e. The molecule has 0 radical (unpaired) electrons. The van der Waals surface area contributed by atoms with Crippen molar-refractivity contribution >= 4 is 22.7 Å². The number of anilines is 2. The Morgan fingerprint density at radius 2 is 2.25 bits per heavy atom. The van der Waals surface area contributed by atoms with E-state index < -0.39 is 0 Å². The number of unbranched alkanes of at least 4 members (excludes halogenated alkanes) is 1. The molecule has 1 heterocycles. The summed E-state index contributed by atoms with van der Waals surface area (Å²) in [5.41, 5.74) is 6.49. The van der Waals surface area contributed by atoms with Crippen LogP contribution in [0.25, 0.3) is 10.9 Å². The second kappa shape index (κ2) is 6.62. The van der Waals surface area contributed by atoms with Crippen molar-refractivity contribution in [2.75, 3.05) is 24.2 Å². The van der Waals surface area contributed by atoms with Crippen molar-refractivity contribution in [3.05, 3.63) is 18.2 Å². The van der Waals surface area contributed by atoms with Gasteiger partial charge in [0.1, 0.15) is 18.2 Å². The Labute approximate surface area is 118 Å². The first-order valence-corrected chi connectivity index (χ1v) is 6.62. The third-order valence-electron chi connectivity index (χ3n) is 2.84. The minimum atomic E-state index is 0.206. The monoisotopic (exact) mass is 270 g/mol. The highest BCUT2D eigenvalue weighted by atomic mass is 16.5. The molecule has 5 heteroatoms. The van der Waals surface area contributed by atoms with Crippen molar-refractivity contribution in [2.24, 2.45) is 0 Å². The molecule has 0 amide bonds. The molecule has 0 atom stereocenters. The molecule has 0 saturated heterocycles. The average Bonchev–Trinajstić information content (AvgIpc) is 2.44. The van der Waals surface area contributed by atoms with Gasteiger partial charge >= 0.3 is 0 Å². The van der Waals surface area contributed by atoms with Crippen LogP contribution in [0.5, 0.6) is 5.75 Å². The molecule has 0 saturated carbocycles. The first-order chi connectivity index (χ1) is 9.76. The fourth-order valence-electron chi connectivity index (χ4n) is 1.92. The lowest BCUT2D eigenvalue weighted by molar-refractivity contribution is 0.375. The molecule has 0 aliphatic heterocycles. The van der Waals surface area contributed by atoms with E-state index in [1.54, 1.807) is 0 Å². The fourth-order valence-corrected chi connectivity index (χ4v) is 1.92. The molecule has 5 nitrogen and oxygen atoms in total. The third-order valence-corrected chi connectivity index (χ3v) is 2.84. The van der Waals surface area contributed by atoms with Gasteiger partial charge in [-0.2, -0.15) is 4.98 Å². The molecular weight excluding hydrogens is 252 g/mol. The summed E-state index contributed by atoms with van der Waals surface area (Å²) in [7, 11) is 0. The summed E-state index contributed by atoms with van der Waals surface area (Å²) >= 11 is 0. The van der Waals surface area contributed by atoms with Crippen molar-refractivity contribution in [2.45, 2.75) is 19.8 Å². The highest BCUT2D eigenvalue weighted by Gasteiger charge is 2.11. The Morgan fingerprint density at radius 1 is 1.40 bits per heavy atom. The van der Waals surface area contributed by atoms with Crippen molar-refractivity contribution in [3.63, 3.8) is 0 Å². The zero-order valence-electron chi connectivity index (χ0n) is 11.5. The van der Waals surface area contributed by atoms with Gasteiger partial charge in [0.2, 0.25) is 5.95 Å². The number of terminal acetylenes is 1. The van der Waals surface area contributed by atoms with E-state index in [1.165, 1.54) is 0 Å². The number of ether oxygens (including phenoxy) is 1. The second-order valence-electron chi connectivity index (χ2n) is 4.35. The van der Waals surface area contributed by atoms with Crippen molar-refractivity contribution < 1.29 is 4.74 Å². The minimum Gasteiger partial charge on any atom is -0.480 e. The van der Waals surface area contributed by atoms with Crippen LogP contribution < -0.4 is 15.8 Å². The molecule has 3 N–H and O–H groups in total. The van der Waals surface area contributed by atoms with Crippen molar-refractivity contribution in [1.29, 1.82) is 0 Å². The van der Waals surface area contributed by atoms with E-state index in [0.717, 1.165) is 30.3 Å². The van der Waals surface area contributed by atoms with Gasteiger partial charge in [0, 0.05) is 6.54 Å². The largest absolute Gasteiger partial charge is 0.480 e. The highest BCUT2D eigenvalue weighted by molar-refractivity contribution is 5.95. The summed E-state index contributed by atoms with van der Waals surface area (Å²) in [6.45, 7) is 3.17. The SMILES string of the molecule is C#CCOc1cccc2nc(N)nc(NCCCC)c12. The normalized spacial score (nSPS) is 10.2. The molecule has 1 aromatic heterocycles. The summed E-state index contributed by atoms with van der Waals surface area (Å²) in [4.78, 5) is 8.49. The topological polar surface area (TPSA) is 73.1 Å². The van der Waals surface area contributed by atoms with Crippen LogP contribution in [-0.4, -0.2) is 23.1 Å². The molecule has 2 rings (SSSR count). The summed E-state index contributed by atoms with van der Waals surface area (Å²) in [5.74, 6) is 4.05. The van der Waals surface area contributed by atoms with Gasteiger partial charge in [-0.15, -0.1) is 6.42 Å². The summed E-state index contributed by atoms with van der Waals surface area (Å²) in [5, 5.41) is 4.10. The molecule has 0 unspecified atom stereocenters. The Bertz CT molecular complexity index is 634. The first kappa shape index (κ1) is 13.9. The first-order valence-electron chi connectivity index (χ1n) is 6.62. The van der Waals surface area contributed by atoms with Crippen LogP contribution >= 0.6 is 0 Å². The maximum Gasteiger partial charge on any atom is 0.222 e. The predicted molar refractivity (Wildman–Crippen MR) is 81.7 cm³/mol. The van der Waals surface area contributed by atoms with Gasteiger partial charge < -0.3 is 15.8 Å².